The Labute approximate surface area is 99.1 Å². The Balaban J connectivity index is 2.10. The van der Waals surface area contributed by atoms with Crippen LogP contribution in [0.5, 0.6) is 0 Å². The second kappa shape index (κ2) is 4.83. The van der Waals surface area contributed by atoms with E-state index < -0.39 is 5.97 Å². The minimum atomic E-state index is -0.767. The molecular formula is C12H13N3O2. The molecule has 0 aromatic carbocycles. The minimum Gasteiger partial charge on any atom is -0.481 e. The minimum absolute atomic E-state index is 0.0889. The van der Waals surface area contributed by atoms with Crippen molar-refractivity contribution in [2.45, 2.75) is 25.3 Å². The number of nitrogens with one attached hydrogen (secondary N) is 1. The molecule has 5 heteroatoms. The first-order chi connectivity index (χ1) is 8.20. The maximum Gasteiger partial charge on any atom is 0.308 e. The van der Waals surface area contributed by atoms with Gasteiger partial charge in [-0.3, -0.25) is 4.79 Å². The van der Waals surface area contributed by atoms with Gasteiger partial charge in [-0.25, -0.2) is 4.98 Å². The molecule has 2 N–H and O–H groups in total. The predicted molar refractivity (Wildman–Crippen MR) is 61.3 cm³/mol. The van der Waals surface area contributed by atoms with E-state index in [1.807, 2.05) is 6.07 Å². The molecule has 0 spiro atoms. The van der Waals surface area contributed by atoms with Gasteiger partial charge in [0.15, 0.2) is 0 Å². The third kappa shape index (κ3) is 2.53. The lowest BCUT2D eigenvalue weighted by Crippen LogP contribution is -2.30. The summed E-state index contributed by atoms with van der Waals surface area (Å²) in [5.74, 6) is -0.554. The van der Waals surface area contributed by atoms with Gasteiger partial charge in [0.25, 0.3) is 0 Å². The van der Waals surface area contributed by atoms with Gasteiger partial charge in [-0.2, -0.15) is 5.26 Å². The highest BCUT2D eigenvalue weighted by Gasteiger charge is 2.32. The molecule has 2 unspecified atom stereocenters. The number of carbonyl (C=O) groups is 1. The number of pyridine rings is 1. The number of aromatic nitrogens is 1. The van der Waals surface area contributed by atoms with Crippen LogP contribution in [0.1, 0.15) is 25.0 Å². The summed E-state index contributed by atoms with van der Waals surface area (Å²) in [6, 6.07) is 6.97. The normalized spacial score (nSPS) is 23.0. The van der Waals surface area contributed by atoms with Crippen molar-refractivity contribution in [3.8, 4) is 6.07 Å². The Bertz CT molecular complexity index is 467. The summed E-state index contributed by atoms with van der Waals surface area (Å²) in [5.41, 5.74) is 0.333. The van der Waals surface area contributed by atoms with Gasteiger partial charge in [-0.05, 0) is 25.0 Å². The Morgan fingerprint density at radius 2 is 2.35 bits per heavy atom. The predicted octanol–water partition coefficient (Wildman–Crippen LogP) is 1.62. The van der Waals surface area contributed by atoms with Gasteiger partial charge in [0, 0.05) is 6.04 Å². The van der Waals surface area contributed by atoms with E-state index in [9.17, 15) is 4.79 Å². The molecule has 88 valence electrons. The van der Waals surface area contributed by atoms with Crippen molar-refractivity contribution in [3.63, 3.8) is 0 Å². The molecule has 1 aromatic heterocycles. The standard InChI is InChI=1S/C12H13N3O2/c13-7-8-3-1-6-11(14-8)15-10-5-2-4-9(10)12(16)17/h1,3,6,9-10H,2,4-5H2,(H,14,15)(H,16,17). The number of nitriles is 1. The summed E-state index contributed by atoms with van der Waals surface area (Å²) in [7, 11) is 0. The zero-order chi connectivity index (χ0) is 12.3. The van der Waals surface area contributed by atoms with E-state index in [0.717, 1.165) is 12.8 Å². The maximum absolute atomic E-state index is 11.0. The van der Waals surface area contributed by atoms with Crippen molar-refractivity contribution in [1.29, 1.82) is 5.26 Å². The molecule has 0 saturated heterocycles. The first-order valence-electron chi connectivity index (χ1n) is 5.57. The molecule has 0 radical (unpaired) electrons. The van der Waals surface area contributed by atoms with Crippen LogP contribution in [0, 0.1) is 17.2 Å². The zero-order valence-corrected chi connectivity index (χ0v) is 9.26. The number of rotatable bonds is 3. The number of aliphatic carboxylic acids is 1. The fourth-order valence-electron chi connectivity index (χ4n) is 2.20. The summed E-state index contributed by atoms with van der Waals surface area (Å²) in [6.07, 6.45) is 2.44. The van der Waals surface area contributed by atoms with Crippen LogP contribution in [0.15, 0.2) is 18.2 Å². The number of hydrogen-bond acceptors (Lipinski definition) is 4. The monoisotopic (exact) mass is 231 g/mol. The molecule has 2 atom stereocenters. The van der Waals surface area contributed by atoms with Gasteiger partial charge < -0.3 is 10.4 Å². The van der Waals surface area contributed by atoms with Crippen LogP contribution in [0.25, 0.3) is 0 Å². The highest BCUT2D eigenvalue weighted by atomic mass is 16.4. The van der Waals surface area contributed by atoms with E-state index in [0.29, 0.717) is 17.9 Å². The van der Waals surface area contributed by atoms with Gasteiger partial charge in [0.2, 0.25) is 0 Å². The largest absolute Gasteiger partial charge is 0.481 e. The molecule has 1 aliphatic rings. The maximum atomic E-state index is 11.0. The number of carboxylic acid groups (broad SMARTS) is 1. The third-order valence-corrected chi connectivity index (χ3v) is 3.03. The topological polar surface area (TPSA) is 86.0 Å². The molecule has 1 aliphatic carbocycles. The highest BCUT2D eigenvalue weighted by molar-refractivity contribution is 5.72. The Kier molecular flexibility index (Phi) is 3.24. The first kappa shape index (κ1) is 11.4. The van der Waals surface area contributed by atoms with Gasteiger partial charge in [0.1, 0.15) is 17.6 Å². The van der Waals surface area contributed by atoms with Gasteiger partial charge in [-0.15, -0.1) is 0 Å². The van der Waals surface area contributed by atoms with Gasteiger partial charge in [-0.1, -0.05) is 12.5 Å². The molecule has 0 aliphatic heterocycles. The van der Waals surface area contributed by atoms with Crippen LogP contribution in [0.3, 0.4) is 0 Å². The van der Waals surface area contributed by atoms with E-state index in [1.165, 1.54) is 0 Å². The molecule has 17 heavy (non-hydrogen) atoms. The van der Waals surface area contributed by atoms with Crippen molar-refractivity contribution in [3.05, 3.63) is 23.9 Å². The first-order valence-corrected chi connectivity index (χ1v) is 5.57. The quantitative estimate of drug-likeness (QED) is 0.825. The van der Waals surface area contributed by atoms with Crippen LogP contribution in [-0.2, 0) is 4.79 Å². The Hall–Kier alpha value is -2.09. The van der Waals surface area contributed by atoms with Crippen molar-refractivity contribution in [2.24, 2.45) is 5.92 Å². The molecule has 1 saturated carbocycles. The lowest BCUT2D eigenvalue weighted by atomic mass is 10.0. The van der Waals surface area contributed by atoms with Gasteiger partial charge in [0.05, 0.1) is 5.92 Å². The fourth-order valence-corrected chi connectivity index (χ4v) is 2.20. The molecule has 2 rings (SSSR count). The number of hydrogen-bond donors (Lipinski definition) is 2. The van der Waals surface area contributed by atoms with Crippen molar-refractivity contribution >= 4 is 11.8 Å². The van der Waals surface area contributed by atoms with E-state index in [1.54, 1.807) is 18.2 Å². The van der Waals surface area contributed by atoms with E-state index >= 15 is 0 Å². The van der Waals surface area contributed by atoms with Crippen LogP contribution in [-0.4, -0.2) is 22.1 Å². The molecule has 0 bridgehead atoms. The summed E-state index contributed by atoms with van der Waals surface area (Å²) in [6.45, 7) is 0. The van der Waals surface area contributed by atoms with Crippen molar-refractivity contribution in [2.75, 3.05) is 5.32 Å². The molecule has 5 nitrogen and oxygen atoms in total. The number of nitrogens with zero attached hydrogens (tertiary/aromatic N) is 2. The third-order valence-electron chi connectivity index (χ3n) is 3.03. The Morgan fingerprint density at radius 1 is 1.53 bits per heavy atom. The van der Waals surface area contributed by atoms with Crippen LogP contribution >= 0.6 is 0 Å². The summed E-state index contributed by atoms with van der Waals surface area (Å²) in [4.78, 5) is 15.1. The molecule has 1 fully saturated rings. The molecule has 1 aromatic rings. The zero-order valence-electron chi connectivity index (χ0n) is 9.26. The summed E-state index contributed by atoms with van der Waals surface area (Å²) < 4.78 is 0. The Morgan fingerprint density at radius 3 is 3.06 bits per heavy atom. The van der Waals surface area contributed by atoms with Crippen molar-refractivity contribution < 1.29 is 9.90 Å². The van der Waals surface area contributed by atoms with E-state index in [-0.39, 0.29) is 12.0 Å². The summed E-state index contributed by atoms with van der Waals surface area (Å²) in [5, 5.41) is 20.9. The van der Waals surface area contributed by atoms with Crippen LogP contribution < -0.4 is 5.32 Å². The van der Waals surface area contributed by atoms with Crippen LogP contribution in [0.2, 0.25) is 0 Å². The van der Waals surface area contributed by atoms with Crippen molar-refractivity contribution in [1.82, 2.24) is 4.98 Å². The second-order valence-electron chi connectivity index (χ2n) is 4.15. The smallest absolute Gasteiger partial charge is 0.308 e. The average molecular weight is 231 g/mol. The molecular weight excluding hydrogens is 218 g/mol. The average Bonchev–Trinajstić information content (AvgIpc) is 2.77. The van der Waals surface area contributed by atoms with E-state index in [2.05, 4.69) is 10.3 Å². The highest BCUT2D eigenvalue weighted by Crippen LogP contribution is 2.28. The lowest BCUT2D eigenvalue weighted by molar-refractivity contribution is -0.141. The lowest BCUT2D eigenvalue weighted by Gasteiger charge is -2.18. The fraction of sp³-hybridized carbons (Fsp3) is 0.417. The molecule has 1 heterocycles. The summed E-state index contributed by atoms with van der Waals surface area (Å²) >= 11 is 0. The van der Waals surface area contributed by atoms with E-state index in [4.69, 9.17) is 10.4 Å². The molecule has 0 amide bonds. The van der Waals surface area contributed by atoms with Gasteiger partial charge >= 0.3 is 5.97 Å². The SMILES string of the molecule is N#Cc1cccc(NC2CCCC2C(=O)O)n1. The number of carboxylic acids is 1. The second-order valence-corrected chi connectivity index (χ2v) is 4.15. The van der Waals surface area contributed by atoms with Crippen LogP contribution in [0.4, 0.5) is 5.82 Å². The number of anilines is 1.